The summed E-state index contributed by atoms with van der Waals surface area (Å²) in [5, 5.41) is 15.5. The molecule has 4 aromatic carbocycles. The number of fused-ring (bicyclic) bond motifs is 1. The van der Waals surface area contributed by atoms with Crippen LogP contribution in [0.1, 0.15) is 27.0 Å². The van der Waals surface area contributed by atoms with Crippen molar-refractivity contribution >= 4 is 38.8 Å². The van der Waals surface area contributed by atoms with Crippen LogP contribution in [0.2, 0.25) is 0 Å². The Labute approximate surface area is 205 Å². The molecule has 4 rings (SSSR count). The summed E-state index contributed by atoms with van der Waals surface area (Å²) in [6.45, 7) is 0.227. The van der Waals surface area contributed by atoms with E-state index < -0.39 is 5.91 Å². The summed E-state index contributed by atoms with van der Waals surface area (Å²) >= 11 is 3.37. The highest BCUT2D eigenvalue weighted by molar-refractivity contribution is 9.10. The van der Waals surface area contributed by atoms with Crippen LogP contribution in [0.4, 0.5) is 0 Å². The predicted molar refractivity (Wildman–Crippen MR) is 135 cm³/mol. The number of nitriles is 1. The minimum Gasteiger partial charge on any atom is -0.496 e. The number of hydrogen-bond acceptors (Lipinski definition) is 5. The maximum Gasteiger partial charge on any atom is 0.275 e. The molecule has 0 aliphatic carbocycles. The molecule has 6 nitrogen and oxygen atoms in total. The zero-order chi connectivity index (χ0) is 23.9. The summed E-state index contributed by atoms with van der Waals surface area (Å²) in [5.74, 6) is 0.630. The van der Waals surface area contributed by atoms with Gasteiger partial charge in [-0.1, -0.05) is 64.5 Å². The second-order valence-electron chi connectivity index (χ2n) is 7.30. The van der Waals surface area contributed by atoms with Crippen molar-refractivity contribution in [3.05, 3.63) is 106 Å². The van der Waals surface area contributed by atoms with E-state index >= 15 is 0 Å². The Morgan fingerprint density at radius 2 is 1.82 bits per heavy atom. The fraction of sp³-hybridized carbons (Fsp3) is 0.0741. The average Bonchev–Trinajstić information content (AvgIpc) is 2.88. The normalized spacial score (nSPS) is 10.7. The minimum absolute atomic E-state index is 0.227. The Morgan fingerprint density at radius 3 is 2.65 bits per heavy atom. The van der Waals surface area contributed by atoms with Crippen LogP contribution >= 0.6 is 15.9 Å². The molecular formula is C27H20BrN3O3. The SMILES string of the molecule is COc1ccc(Br)cc1C(=O)N/N=C\c1c(OCc2ccccc2C#N)ccc2ccccc12. The molecule has 4 aromatic rings. The standard InChI is InChI=1S/C27H20BrN3O3/c1-33-25-13-11-21(28)14-23(25)27(32)31-30-16-24-22-9-5-4-6-18(22)10-12-26(24)34-17-20-8-3-2-7-19(20)15-29/h2-14,16H,17H2,1H3,(H,31,32)/b30-16-. The van der Waals surface area contributed by atoms with E-state index in [1.807, 2.05) is 54.6 Å². The molecule has 0 saturated heterocycles. The number of rotatable bonds is 7. The first-order valence-electron chi connectivity index (χ1n) is 10.4. The molecule has 168 valence electrons. The maximum atomic E-state index is 12.7. The number of ether oxygens (including phenoxy) is 2. The van der Waals surface area contributed by atoms with Crippen LogP contribution in [0, 0.1) is 11.3 Å². The highest BCUT2D eigenvalue weighted by Gasteiger charge is 2.13. The lowest BCUT2D eigenvalue weighted by Gasteiger charge is -2.12. The average molecular weight is 514 g/mol. The molecule has 0 aliphatic heterocycles. The lowest BCUT2D eigenvalue weighted by molar-refractivity contribution is 0.0952. The number of hydrogen-bond donors (Lipinski definition) is 1. The molecule has 7 heteroatoms. The fourth-order valence-corrected chi connectivity index (χ4v) is 3.88. The molecule has 0 saturated carbocycles. The number of benzene rings is 4. The van der Waals surface area contributed by atoms with Crippen LogP contribution < -0.4 is 14.9 Å². The van der Waals surface area contributed by atoms with E-state index in [1.54, 1.807) is 30.5 Å². The van der Waals surface area contributed by atoms with Crippen molar-refractivity contribution in [3.8, 4) is 17.6 Å². The zero-order valence-corrected chi connectivity index (χ0v) is 19.9. The molecule has 0 aromatic heterocycles. The summed E-state index contributed by atoms with van der Waals surface area (Å²) in [7, 11) is 1.51. The van der Waals surface area contributed by atoms with E-state index in [0.29, 0.717) is 28.2 Å². The van der Waals surface area contributed by atoms with Crippen LogP contribution in [0.15, 0.2) is 88.4 Å². The molecule has 0 bridgehead atoms. The van der Waals surface area contributed by atoms with Crippen LogP contribution in [-0.2, 0) is 6.61 Å². The molecule has 0 atom stereocenters. The third kappa shape index (κ3) is 5.08. The number of halogens is 1. The second-order valence-corrected chi connectivity index (χ2v) is 8.22. The van der Waals surface area contributed by atoms with Crippen LogP contribution in [0.5, 0.6) is 11.5 Å². The van der Waals surface area contributed by atoms with E-state index in [4.69, 9.17) is 9.47 Å². The third-order valence-corrected chi connectivity index (χ3v) is 5.71. The Bertz CT molecular complexity index is 1430. The number of carbonyl (C=O) groups excluding carboxylic acids is 1. The number of amides is 1. The van der Waals surface area contributed by atoms with Gasteiger partial charge >= 0.3 is 0 Å². The molecule has 0 unspecified atom stereocenters. The van der Waals surface area contributed by atoms with Crippen LogP contribution in [-0.4, -0.2) is 19.2 Å². The summed E-state index contributed by atoms with van der Waals surface area (Å²) in [4.78, 5) is 12.7. The first-order valence-corrected chi connectivity index (χ1v) is 11.2. The number of hydrazone groups is 1. The molecule has 0 spiro atoms. The minimum atomic E-state index is -0.403. The van der Waals surface area contributed by atoms with Gasteiger partial charge in [0.25, 0.3) is 5.91 Å². The monoisotopic (exact) mass is 513 g/mol. The molecule has 0 radical (unpaired) electrons. The number of nitrogens with one attached hydrogen (secondary N) is 1. The molecule has 1 N–H and O–H groups in total. The van der Waals surface area contributed by atoms with Gasteiger partial charge in [-0.05, 0) is 41.1 Å². The van der Waals surface area contributed by atoms with E-state index in [1.165, 1.54) is 7.11 Å². The van der Waals surface area contributed by atoms with Gasteiger partial charge in [-0.2, -0.15) is 10.4 Å². The maximum absolute atomic E-state index is 12.7. The molecule has 0 aliphatic rings. The van der Waals surface area contributed by atoms with Crippen molar-refractivity contribution in [1.82, 2.24) is 5.43 Å². The first kappa shape index (κ1) is 23.0. The molecule has 1 amide bonds. The van der Waals surface area contributed by atoms with Crippen molar-refractivity contribution in [2.45, 2.75) is 6.61 Å². The van der Waals surface area contributed by atoms with Gasteiger partial charge in [-0.3, -0.25) is 4.79 Å². The third-order valence-electron chi connectivity index (χ3n) is 5.22. The summed E-state index contributed by atoms with van der Waals surface area (Å²) < 4.78 is 12.1. The Kier molecular flexibility index (Phi) is 7.21. The van der Waals surface area contributed by atoms with Gasteiger partial charge in [0.15, 0.2) is 0 Å². The summed E-state index contributed by atoms with van der Waals surface area (Å²) in [6.07, 6.45) is 1.57. The Hall–Kier alpha value is -4.15. The topological polar surface area (TPSA) is 83.7 Å². The smallest absolute Gasteiger partial charge is 0.275 e. The van der Waals surface area contributed by atoms with Crippen molar-refractivity contribution in [1.29, 1.82) is 5.26 Å². The van der Waals surface area contributed by atoms with Gasteiger partial charge in [-0.15, -0.1) is 0 Å². The lowest BCUT2D eigenvalue weighted by Crippen LogP contribution is -2.18. The van der Waals surface area contributed by atoms with Gasteiger partial charge in [0.2, 0.25) is 0 Å². The van der Waals surface area contributed by atoms with Gasteiger partial charge < -0.3 is 9.47 Å². The van der Waals surface area contributed by atoms with Gasteiger partial charge in [0.1, 0.15) is 18.1 Å². The quantitative estimate of drug-likeness (QED) is 0.249. The van der Waals surface area contributed by atoms with Gasteiger partial charge in [0.05, 0.1) is 30.5 Å². The van der Waals surface area contributed by atoms with Crippen LogP contribution in [0.25, 0.3) is 10.8 Å². The first-order chi connectivity index (χ1) is 16.6. The van der Waals surface area contributed by atoms with Crippen LogP contribution in [0.3, 0.4) is 0 Å². The zero-order valence-electron chi connectivity index (χ0n) is 18.3. The Balaban J connectivity index is 1.62. The molecular weight excluding hydrogens is 494 g/mol. The number of nitrogens with zero attached hydrogens (tertiary/aromatic N) is 2. The van der Waals surface area contributed by atoms with Crippen molar-refractivity contribution in [3.63, 3.8) is 0 Å². The van der Waals surface area contributed by atoms with Gasteiger partial charge in [0, 0.05) is 15.6 Å². The highest BCUT2D eigenvalue weighted by Crippen LogP contribution is 2.28. The lowest BCUT2D eigenvalue weighted by atomic mass is 10.0. The van der Waals surface area contributed by atoms with Crippen molar-refractivity contribution in [2.24, 2.45) is 5.10 Å². The van der Waals surface area contributed by atoms with Gasteiger partial charge in [-0.25, -0.2) is 5.43 Å². The van der Waals surface area contributed by atoms with Crippen molar-refractivity contribution in [2.75, 3.05) is 7.11 Å². The fourth-order valence-electron chi connectivity index (χ4n) is 3.52. The number of carbonyl (C=O) groups is 1. The number of methoxy groups -OCH3 is 1. The van der Waals surface area contributed by atoms with E-state index in [2.05, 4.69) is 32.5 Å². The summed E-state index contributed by atoms with van der Waals surface area (Å²) in [5.41, 5.74) is 4.99. The van der Waals surface area contributed by atoms with E-state index in [-0.39, 0.29) is 6.61 Å². The van der Waals surface area contributed by atoms with E-state index in [0.717, 1.165) is 20.8 Å². The molecule has 0 heterocycles. The van der Waals surface area contributed by atoms with Crippen molar-refractivity contribution < 1.29 is 14.3 Å². The second kappa shape index (κ2) is 10.6. The van der Waals surface area contributed by atoms with E-state index in [9.17, 15) is 10.1 Å². The Morgan fingerprint density at radius 1 is 1.06 bits per heavy atom. The predicted octanol–water partition coefficient (Wildman–Crippen LogP) is 5.83. The summed E-state index contributed by atoms with van der Waals surface area (Å²) in [6, 6.07) is 26.3. The highest BCUT2D eigenvalue weighted by atomic mass is 79.9. The largest absolute Gasteiger partial charge is 0.496 e. The molecule has 0 fully saturated rings. The molecule has 34 heavy (non-hydrogen) atoms.